The third kappa shape index (κ3) is 3.19. The van der Waals surface area contributed by atoms with Crippen LogP contribution in [0, 0.1) is 0 Å². The molecule has 1 heterocycles. The van der Waals surface area contributed by atoms with Gasteiger partial charge in [-0.15, -0.1) is 11.3 Å². The van der Waals surface area contributed by atoms with Crippen molar-refractivity contribution in [3.8, 4) is 0 Å². The molecule has 19 heavy (non-hydrogen) atoms. The van der Waals surface area contributed by atoms with Crippen molar-refractivity contribution in [3.63, 3.8) is 0 Å². The maximum Gasteiger partial charge on any atom is 0.254 e. The van der Waals surface area contributed by atoms with Crippen LogP contribution in [0.15, 0.2) is 40.2 Å². The Morgan fingerprint density at radius 1 is 1.42 bits per heavy atom. The van der Waals surface area contributed by atoms with Gasteiger partial charge in [-0.25, -0.2) is 0 Å². The van der Waals surface area contributed by atoms with Crippen LogP contribution in [0.1, 0.15) is 28.2 Å². The van der Waals surface area contributed by atoms with E-state index in [9.17, 15) is 4.79 Å². The maximum atomic E-state index is 12.4. The fourth-order valence-electron chi connectivity index (χ4n) is 1.73. The average Bonchev–Trinajstić information content (AvgIpc) is 2.93. The summed E-state index contributed by atoms with van der Waals surface area (Å²) < 4.78 is 0.734. The smallest absolute Gasteiger partial charge is 0.254 e. The van der Waals surface area contributed by atoms with Gasteiger partial charge in [-0.05, 0) is 52.5 Å². The molecule has 100 valence electrons. The molecule has 1 unspecified atom stereocenters. The second kappa shape index (κ2) is 6.07. The van der Waals surface area contributed by atoms with E-state index in [4.69, 9.17) is 11.6 Å². The Kier molecular flexibility index (Phi) is 4.66. The van der Waals surface area contributed by atoms with Crippen molar-refractivity contribution < 1.29 is 4.79 Å². The first kappa shape index (κ1) is 14.6. The Balaban J connectivity index is 2.21. The number of benzene rings is 1. The molecule has 0 radical (unpaired) electrons. The third-order valence-electron chi connectivity index (χ3n) is 3.02. The van der Waals surface area contributed by atoms with E-state index in [1.165, 1.54) is 4.88 Å². The van der Waals surface area contributed by atoms with Crippen molar-refractivity contribution in [2.24, 2.45) is 0 Å². The number of rotatable bonds is 3. The maximum absolute atomic E-state index is 12.4. The molecule has 0 N–H and O–H groups in total. The molecule has 1 aromatic heterocycles. The van der Waals surface area contributed by atoms with Gasteiger partial charge in [-0.3, -0.25) is 4.79 Å². The largest absolute Gasteiger partial charge is 0.334 e. The number of halogens is 2. The standard InChI is InChI=1S/C14H13BrClNOS/c1-9(13-4-3-7-19-13)17(2)14(18)10-5-6-12(16)11(15)8-10/h3-9H,1-2H3. The van der Waals surface area contributed by atoms with Gasteiger partial charge in [0.1, 0.15) is 0 Å². The number of carbonyl (C=O) groups excluding carboxylic acids is 1. The van der Waals surface area contributed by atoms with Crippen LogP contribution in [0.5, 0.6) is 0 Å². The fraction of sp³-hybridized carbons (Fsp3) is 0.214. The van der Waals surface area contributed by atoms with Crippen molar-refractivity contribution in [1.82, 2.24) is 4.90 Å². The van der Waals surface area contributed by atoms with Crippen LogP contribution in [-0.2, 0) is 0 Å². The highest BCUT2D eigenvalue weighted by Crippen LogP contribution is 2.27. The Bertz CT molecular complexity index is 585. The Hall–Kier alpha value is -0.840. The van der Waals surface area contributed by atoms with Crippen molar-refractivity contribution in [1.29, 1.82) is 0 Å². The number of carbonyl (C=O) groups is 1. The lowest BCUT2D eigenvalue weighted by Crippen LogP contribution is -2.29. The number of nitrogens with zero attached hydrogens (tertiary/aromatic N) is 1. The molecule has 2 rings (SSSR count). The van der Waals surface area contributed by atoms with Crippen molar-refractivity contribution in [3.05, 3.63) is 55.6 Å². The lowest BCUT2D eigenvalue weighted by atomic mass is 10.1. The van der Waals surface area contributed by atoms with E-state index in [0.29, 0.717) is 10.6 Å². The van der Waals surface area contributed by atoms with Crippen molar-refractivity contribution in [2.45, 2.75) is 13.0 Å². The van der Waals surface area contributed by atoms with Crippen LogP contribution in [-0.4, -0.2) is 17.9 Å². The van der Waals surface area contributed by atoms with E-state index in [0.717, 1.165) is 4.47 Å². The molecule has 1 aromatic carbocycles. The van der Waals surface area contributed by atoms with E-state index in [2.05, 4.69) is 15.9 Å². The lowest BCUT2D eigenvalue weighted by molar-refractivity contribution is 0.0745. The van der Waals surface area contributed by atoms with E-state index < -0.39 is 0 Å². The predicted octanol–water partition coefficient (Wildman–Crippen LogP) is 5.00. The van der Waals surface area contributed by atoms with Gasteiger partial charge in [-0.2, -0.15) is 0 Å². The number of hydrogen-bond donors (Lipinski definition) is 0. The monoisotopic (exact) mass is 357 g/mol. The summed E-state index contributed by atoms with van der Waals surface area (Å²) in [6.07, 6.45) is 0. The molecule has 0 aliphatic rings. The highest BCUT2D eigenvalue weighted by atomic mass is 79.9. The molecule has 1 amide bonds. The van der Waals surface area contributed by atoms with E-state index in [-0.39, 0.29) is 11.9 Å². The van der Waals surface area contributed by atoms with Gasteiger partial charge in [0.25, 0.3) is 5.91 Å². The molecule has 0 bridgehead atoms. The second-order valence-corrected chi connectivity index (χ2v) is 6.48. The first-order chi connectivity index (χ1) is 9.00. The van der Waals surface area contributed by atoms with Gasteiger partial charge in [0.2, 0.25) is 0 Å². The molecule has 0 aliphatic carbocycles. The van der Waals surface area contributed by atoms with Gasteiger partial charge < -0.3 is 4.90 Å². The summed E-state index contributed by atoms with van der Waals surface area (Å²) >= 11 is 10.9. The minimum atomic E-state index is -0.0155. The van der Waals surface area contributed by atoms with Crippen molar-refractivity contribution in [2.75, 3.05) is 7.05 Å². The van der Waals surface area contributed by atoms with Crippen LogP contribution in [0.4, 0.5) is 0 Å². The Morgan fingerprint density at radius 2 is 2.16 bits per heavy atom. The number of amides is 1. The molecule has 5 heteroatoms. The molecule has 0 spiro atoms. The van der Waals surface area contributed by atoms with E-state index >= 15 is 0 Å². The van der Waals surface area contributed by atoms with Gasteiger partial charge in [0, 0.05) is 22.0 Å². The van der Waals surface area contributed by atoms with E-state index in [1.807, 2.05) is 31.5 Å². The Morgan fingerprint density at radius 3 is 2.74 bits per heavy atom. The summed E-state index contributed by atoms with van der Waals surface area (Å²) in [5.41, 5.74) is 0.627. The Labute approximate surface area is 130 Å². The first-order valence-electron chi connectivity index (χ1n) is 5.76. The van der Waals surface area contributed by atoms with Gasteiger partial charge in [0.15, 0.2) is 0 Å². The topological polar surface area (TPSA) is 20.3 Å². The fourth-order valence-corrected chi connectivity index (χ4v) is 3.05. The number of thiophene rings is 1. The minimum Gasteiger partial charge on any atom is -0.334 e. The molecule has 0 aliphatic heterocycles. The predicted molar refractivity (Wildman–Crippen MR) is 84.0 cm³/mol. The second-order valence-electron chi connectivity index (χ2n) is 4.24. The highest BCUT2D eigenvalue weighted by Gasteiger charge is 2.20. The molecule has 1 atom stereocenters. The lowest BCUT2D eigenvalue weighted by Gasteiger charge is -2.24. The molecule has 2 nitrogen and oxygen atoms in total. The molecule has 0 saturated carbocycles. The molecule has 0 saturated heterocycles. The average molecular weight is 359 g/mol. The summed E-state index contributed by atoms with van der Waals surface area (Å²) in [5.74, 6) is -0.0155. The zero-order chi connectivity index (χ0) is 14.0. The van der Waals surface area contributed by atoms with Crippen LogP contribution in [0.3, 0.4) is 0 Å². The molecular formula is C14H13BrClNOS. The summed E-state index contributed by atoms with van der Waals surface area (Å²) in [5, 5.41) is 2.62. The zero-order valence-electron chi connectivity index (χ0n) is 10.6. The van der Waals surface area contributed by atoms with Crippen LogP contribution < -0.4 is 0 Å². The van der Waals surface area contributed by atoms with Crippen LogP contribution in [0.2, 0.25) is 5.02 Å². The van der Waals surface area contributed by atoms with Crippen molar-refractivity contribution >= 4 is 44.8 Å². The molecular weight excluding hydrogens is 346 g/mol. The molecule has 0 fully saturated rings. The summed E-state index contributed by atoms with van der Waals surface area (Å²) in [4.78, 5) is 15.3. The van der Waals surface area contributed by atoms with Crippen LogP contribution in [0.25, 0.3) is 0 Å². The number of hydrogen-bond acceptors (Lipinski definition) is 2. The van der Waals surface area contributed by atoms with Gasteiger partial charge >= 0.3 is 0 Å². The quantitative estimate of drug-likeness (QED) is 0.756. The SMILES string of the molecule is CC(c1cccs1)N(C)C(=O)c1ccc(Cl)c(Br)c1. The van der Waals surface area contributed by atoms with E-state index in [1.54, 1.807) is 34.4 Å². The zero-order valence-corrected chi connectivity index (χ0v) is 13.7. The first-order valence-corrected chi connectivity index (χ1v) is 7.81. The van der Waals surface area contributed by atoms with Gasteiger partial charge in [0.05, 0.1) is 11.1 Å². The normalized spacial score (nSPS) is 12.2. The van der Waals surface area contributed by atoms with Crippen LogP contribution >= 0.6 is 38.9 Å². The summed E-state index contributed by atoms with van der Waals surface area (Å²) in [7, 11) is 1.81. The third-order valence-corrected chi connectivity index (χ3v) is 5.28. The highest BCUT2D eigenvalue weighted by molar-refractivity contribution is 9.10. The minimum absolute atomic E-state index is 0.0155. The molecule has 2 aromatic rings. The summed E-state index contributed by atoms with van der Waals surface area (Å²) in [6.45, 7) is 2.02. The van der Waals surface area contributed by atoms with Gasteiger partial charge in [-0.1, -0.05) is 17.7 Å². The summed E-state index contributed by atoms with van der Waals surface area (Å²) in [6, 6.07) is 9.31.